The monoisotopic (exact) mass is 459 g/mol. The molecule has 2 aromatic carbocycles. The molecule has 3 aromatic rings. The lowest BCUT2D eigenvalue weighted by atomic mass is 10.1. The fourth-order valence-corrected chi connectivity index (χ4v) is 3.57. The zero-order valence-corrected chi connectivity index (χ0v) is 18.0. The van der Waals surface area contributed by atoms with Crippen LogP contribution in [0, 0.1) is 10.1 Å². The summed E-state index contributed by atoms with van der Waals surface area (Å²) in [4.78, 5) is 39.1. The molecule has 0 saturated carbocycles. The van der Waals surface area contributed by atoms with E-state index in [9.17, 15) is 19.7 Å². The molecule has 1 amide bonds. The first kappa shape index (κ1) is 22.4. The van der Waals surface area contributed by atoms with E-state index in [1.807, 2.05) is 17.5 Å². The van der Waals surface area contributed by atoms with Crippen LogP contribution in [0.2, 0.25) is 5.02 Å². The van der Waals surface area contributed by atoms with Crippen LogP contribution in [0.1, 0.15) is 25.3 Å². The van der Waals surface area contributed by atoms with Gasteiger partial charge < -0.3 is 10.1 Å². The van der Waals surface area contributed by atoms with Crippen LogP contribution >= 0.6 is 22.9 Å². The predicted octanol–water partition coefficient (Wildman–Crippen LogP) is 5.26. The van der Waals surface area contributed by atoms with Crippen LogP contribution in [-0.4, -0.2) is 21.8 Å². The normalized spacial score (nSPS) is 10.5. The molecule has 0 radical (unpaired) electrons. The second kappa shape index (κ2) is 10.1. The molecule has 0 aliphatic carbocycles. The molecule has 3 rings (SSSR count). The SMILES string of the molecule is CCCC(=O)Oc1ccc(CC(=O)Nc2nc(-c3ccc(Cl)cc3)cs2)cc1[N+](=O)[O-]. The van der Waals surface area contributed by atoms with Crippen molar-refractivity contribution in [3.8, 4) is 17.0 Å². The van der Waals surface area contributed by atoms with E-state index in [4.69, 9.17) is 16.3 Å². The first-order valence-electron chi connectivity index (χ1n) is 9.35. The lowest BCUT2D eigenvalue weighted by Crippen LogP contribution is -2.14. The first-order valence-corrected chi connectivity index (χ1v) is 10.6. The Bertz CT molecular complexity index is 1110. The molecular formula is C21H18ClN3O5S. The summed E-state index contributed by atoms with van der Waals surface area (Å²) in [5.41, 5.74) is 1.61. The van der Waals surface area contributed by atoms with Gasteiger partial charge in [-0.25, -0.2) is 4.98 Å². The number of nitrogens with one attached hydrogen (secondary N) is 1. The summed E-state index contributed by atoms with van der Waals surface area (Å²) in [7, 11) is 0. The van der Waals surface area contributed by atoms with Crippen molar-refractivity contribution in [2.45, 2.75) is 26.2 Å². The van der Waals surface area contributed by atoms with Gasteiger partial charge in [0.1, 0.15) is 0 Å². The number of carbonyl (C=O) groups is 2. The Labute approximate surface area is 187 Å². The second-order valence-corrected chi connectivity index (χ2v) is 7.85. The molecule has 0 aliphatic heterocycles. The number of hydrogen-bond acceptors (Lipinski definition) is 7. The Morgan fingerprint density at radius 3 is 2.65 bits per heavy atom. The van der Waals surface area contributed by atoms with Crippen molar-refractivity contribution in [1.82, 2.24) is 4.98 Å². The molecule has 10 heteroatoms. The average Bonchev–Trinajstić information content (AvgIpc) is 3.18. The summed E-state index contributed by atoms with van der Waals surface area (Å²) < 4.78 is 5.06. The number of thiazole rings is 1. The van der Waals surface area contributed by atoms with Crippen molar-refractivity contribution >= 4 is 45.6 Å². The van der Waals surface area contributed by atoms with Crippen LogP contribution in [0.25, 0.3) is 11.3 Å². The molecule has 1 N–H and O–H groups in total. The maximum absolute atomic E-state index is 12.4. The van der Waals surface area contributed by atoms with Crippen molar-refractivity contribution in [1.29, 1.82) is 0 Å². The number of carbonyl (C=O) groups excluding carboxylic acids is 2. The van der Waals surface area contributed by atoms with Crippen molar-refractivity contribution < 1.29 is 19.2 Å². The molecular weight excluding hydrogens is 442 g/mol. The Hall–Kier alpha value is -3.30. The highest BCUT2D eigenvalue weighted by Crippen LogP contribution is 2.29. The fraction of sp³-hybridized carbons (Fsp3) is 0.190. The first-order chi connectivity index (χ1) is 14.9. The number of nitro groups is 1. The third-order valence-electron chi connectivity index (χ3n) is 4.15. The summed E-state index contributed by atoms with van der Waals surface area (Å²) in [6.07, 6.45) is 0.633. The molecule has 0 spiro atoms. The third kappa shape index (κ3) is 6.09. The smallest absolute Gasteiger partial charge is 0.311 e. The lowest BCUT2D eigenvalue weighted by Gasteiger charge is -2.07. The van der Waals surface area contributed by atoms with Gasteiger partial charge >= 0.3 is 11.7 Å². The van der Waals surface area contributed by atoms with Gasteiger partial charge in [-0.3, -0.25) is 19.7 Å². The van der Waals surface area contributed by atoms with Gasteiger partial charge in [-0.15, -0.1) is 11.3 Å². The Balaban J connectivity index is 1.67. The standard InChI is InChI=1S/C21H18ClN3O5S/c1-2-3-20(27)30-18-9-4-13(10-17(18)25(28)29)11-19(26)24-21-23-16(12-31-21)14-5-7-15(22)8-6-14/h4-10,12H,2-3,11H2,1H3,(H,23,24,26). The number of aromatic nitrogens is 1. The van der Waals surface area contributed by atoms with Crippen molar-refractivity contribution in [3.63, 3.8) is 0 Å². The summed E-state index contributed by atoms with van der Waals surface area (Å²) in [5.74, 6) is -1.06. The number of ether oxygens (including phenoxy) is 1. The van der Waals surface area contributed by atoms with E-state index in [-0.39, 0.29) is 30.2 Å². The van der Waals surface area contributed by atoms with E-state index in [0.717, 1.165) is 5.56 Å². The number of nitrogens with zero attached hydrogens (tertiary/aromatic N) is 2. The summed E-state index contributed by atoms with van der Waals surface area (Å²) in [6.45, 7) is 1.80. The Morgan fingerprint density at radius 2 is 1.97 bits per heavy atom. The highest BCUT2D eigenvalue weighted by Gasteiger charge is 2.20. The van der Waals surface area contributed by atoms with Crippen molar-refractivity contribution in [2.75, 3.05) is 5.32 Å². The van der Waals surface area contributed by atoms with Gasteiger partial charge in [0.15, 0.2) is 5.13 Å². The minimum atomic E-state index is -0.644. The van der Waals surface area contributed by atoms with Gasteiger partial charge in [-0.05, 0) is 30.2 Å². The topological polar surface area (TPSA) is 111 Å². The molecule has 0 bridgehead atoms. The van der Waals surface area contributed by atoms with Crippen molar-refractivity contribution in [2.24, 2.45) is 0 Å². The largest absolute Gasteiger partial charge is 0.419 e. The molecule has 160 valence electrons. The molecule has 0 fully saturated rings. The minimum absolute atomic E-state index is 0.0973. The number of nitro benzene ring substituents is 1. The molecule has 1 heterocycles. The van der Waals surface area contributed by atoms with E-state index in [1.165, 1.54) is 29.5 Å². The van der Waals surface area contributed by atoms with E-state index in [2.05, 4.69) is 10.3 Å². The quantitative estimate of drug-likeness (QED) is 0.213. The summed E-state index contributed by atoms with van der Waals surface area (Å²) >= 11 is 7.16. The van der Waals surface area contributed by atoms with Crippen LogP contribution in [0.3, 0.4) is 0 Å². The van der Waals surface area contributed by atoms with Gasteiger partial charge in [-0.1, -0.05) is 36.7 Å². The number of hydrogen-bond donors (Lipinski definition) is 1. The molecule has 0 atom stereocenters. The van der Waals surface area contributed by atoms with E-state index >= 15 is 0 Å². The highest BCUT2D eigenvalue weighted by molar-refractivity contribution is 7.14. The van der Waals surface area contributed by atoms with Crippen LogP contribution < -0.4 is 10.1 Å². The van der Waals surface area contributed by atoms with Gasteiger partial charge in [0.05, 0.1) is 17.0 Å². The number of rotatable bonds is 8. The molecule has 0 saturated heterocycles. The number of benzene rings is 2. The van der Waals surface area contributed by atoms with Crippen LogP contribution in [0.5, 0.6) is 5.75 Å². The fourth-order valence-electron chi connectivity index (χ4n) is 2.71. The van der Waals surface area contributed by atoms with Gasteiger partial charge in [0, 0.05) is 28.5 Å². The zero-order valence-electron chi connectivity index (χ0n) is 16.5. The van der Waals surface area contributed by atoms with Crippen LogP contribution in [0.4, 0.5) is 10.8 Å². The van der Waals surface area contributed by atoms with E-state index in [1.54, 1.807) is 19.1 Å². The third-order valence-corrected chi connectivity index (χ3v) is 5.16. The average molecular weight is 460 g/mol. The predicted molar refractivity (Wildman–Crippen MR) is 119 cm³/mol. The van der Waals surface area contributed by atoms with Gasteiger partial charge in [-0.2, -0.15) is 0 Å². The molecule has 0 unspecified atom stereocenters. The van der Waals surface area contributed by atoms with Gasteiger partial charge in [0.2, 0.25) is 11.7 Å². The summed E-state index contributed by atoms with van der Waals surface area (Å²) in [6, 6.07) is 11.2. The molecule has 8 nitrogen and oxygen atoms in total. The highest BCUT2D eigenvalue weighted by atomic mass is 35.5. The van der Waals surface area contributed by atoms with Crippen LogP contribution in [0.15, 0.2) is 47.8 Å². The van der Waals surface area contributed by atoms with E-state index < -0.39 is 10.9 Å². The number of halogens is 1. The number of esters is 1. The summed E-state index contributed by atoms with van der Waals surface area (Å²) in [5, 5.41) is 16.9. The number of anilines is 1. The zero-order chi connectivity index (χ0) is 22.4. The maximum atomic E-state index is 12.4. The maximum Gasteiger partial charge on any atom is 0.311 e. The van der Waals surface area contributed by atoms with Gasteiger partial charge in [0.25, 0.3) is 0 Å². The lowest BCUT2D eigenvalue weighted by molar-refractivity contribution is -0.385. The Morgan fingerprint density at radius 1 is 1.23 bits per heavy atom. The number of amides is 1. The van der Waals surface area contributed by atoms with Crippen molar-refractivity contribution in [3.05, 3.63) is 68.5 Å². The molecule has 0 aliphatic rings. The molecule has 31 heavy (non-hydrogen) atoms. The molecule has 1 aromatic heterocycles. The van der Waals surface area contributed by atoms with E-state index in [0.29, 0.717) is 27.8 Å². The minimum Gasteiger partial charge on any atom is -0.419 e. The van der Waals surface area contributed by atoms with Crippen LogP contribution in [-0.2, 0) is 16.0 Å². The second-order valence-electron chi connectivity index (χ2n) is 6.55. The Kier molecular flexibility index (Phi) is 7.32.